The topological polar surface area (TPSA) is 69.9 Å². The number of rotatable bonds is 2. The largest absolute Gasteiger partial charge is 0.392 e. The van der Waals surface area contributed by atoms with E-state index in [4.69, 9.17) is 4.74 Å². The van der Waals surface area contributed by atoms with Gasteiger partial charge in [0, 0.05) is 13.0 Å². The van der Waals surface area contributed by atoms with Crippen molar-refractivity contribution in [1.82, 2.24) is 0 Å². The van der Waals surface area contributed by atoms with E-state index in [2.05, 4.69) is 0 Å². The van der Waals surface area contributed by atoms with Gasteiger partial charge in [-0.15, -0.1) is 0 Å². The number of aliphatic hydroxyl groups is 3. The molecule has 20 heavy (non-hydrogen) atoms. The van der Waals surface area contributed by atoms with Gasteiger partial charge in [0.25, 0.3) is 0 Å². The molecule has 1 saturated carbocycles. The lowest BCUT2D eigenvalue weighted by molar-refractivity contribution is -0.242. The molecular formula is C16H26O4. The predicted molar refractivity (Wildman–Crippen MR) is 77.2 cm³/mol. The Hall–Kier alpha value is -0.680. The molecule has 3 unspecified atom stereocenters. The Morgan fingerprint density at radius 2 is 2.00 bits per heavy atom. The van der Waals surface area contributed by atoms with Gasteiger partial charge in [-0.2, -0.15) is 0 Å². The van der Waals surface area contributed by atoms with Crippen molar-refractivity contribution >= 4 is 0 Å². The van der Waals surface area contributed by atoms with Gasteiger partial charge in [-0.1, -0.05) is 31.6 Å². The molecule has 0 aromatic heterocycles. The minimum Gasteiger partial charge on any atom is -0.392 e. The maximum absolute atomic E-state index is 11.1. The highest BCUT2D eigenvalue weighted by Crippen LogP contribution is 2.59. The van der Waals surface area contributed by atoms with Crippen molar-refractivity contribution in [3.05, 3.63) is 23.3 Å². The molecule has 4 nitrogen and oxygen atoms in total. The molecule has 2 aliphatic carbocycles. The molecular weight excluding hydrogens is 256 g/mol. The molecule has 0 saturated heterocycles. The van der Waals surface area contributed by atoms with Crippen LogP contribution in [0.25, 0.3) is 0 Å². The molecule has 0 aromatic carbocycles. The Kier molecular flexibility index (Phi) is 4.13. The second-order valence-electron chi connectivity index (χ2n) is 6.80. The molecule has 4 heteroatoms. The summed E-state index contributed by atoms with van der Waals surface area (Å²) in [6.07, 6.45) is 3.91. The zero-order valence-corrected chi connectivity index (χ0v) is 12.8. The summed E-state index contributed by atoms with van der Waals surface area (Å²) in [5.74, 6) is -0.213. The van der Waals surface area contributed by atoms with Gasteiger partial charge < -0.3 is 20.1 Å². The first-order valence-electron chi connectivity index (χ1n) is 7.18. The van der Waals surface area contributed by atoms with Crippen LogP contribution in [0.3, 0.4) is 0 Å². The molecule has 0 bridgehead atoms. The Morgan fingerprint density at radius 1 is 1.35 bits per heavy atom. The summed E-state index contributed by atoms with van der Waals surface area (Å²) in [7, 11) is 1.62. The van der Waals surface area contributed by atoms with Crippen LogP contribution in [0.5, 0.6) is 0 Å². The maximum atomic E-state index is 11.1. The smallest absolute Gasteiger partial charge is 0.102 e. The lowest BCUT2D eigenvalue weighted by atomic mass is 9.48. The molecule has 0 heterocycles. The van der Waals surface area contributed by atoms with E-state index in [0.717, 1.165) is 17.6 Å². The van der Waals surface area contributed by atoms with E-state index in [9.17, 15) is 15.3 Å². The first-order valence-corrected chi connectivity index (χ1v) is 7.18. The SMILES string of the molecule is CO[C@@H]1/C=C(\C)CC(O)C2(O)C(CC2(C)C)/C(CO)=C\1. The Balaban J connectivity index is 2.47. The van der Waals surface area contributed by atoms with Crippen molar-refractivity contribution in [2.75, 3.05) is 13.7 Å². The highest BCUT2D eigenvalue weighted by molar-refractivity contribution is 5.30. The second-order valence-corrected chi connectivity index (χ2v) is 6.80. The number of ether oxygens (including phenoxy) is 1. The number of hydrogen-bond acceptors (Lipinski definition) is 4. The molecule has 0 radical (unpaired) electrons. The lowest BCUT2D eigenvalue weighted by Gasteiger charge is -2.61. The van der Waals surface area contributed by atoms with Crippen LogP contribution in [0.2, 0.25) is 0 Å². The van der Waals surface area contributed by atoms with Gasteiger partial charge in [-0.3, -0.25) is 0 Å². The molecule has 4 atom stereocenters. The fourth-order valence-electron chi connectivity index (χ4n) is 3.75. The van der Waals surface area contributed by atoms with Gasteiger partial charge >= 0.3 is 0 Å². The van der Waals surface area contributed by atoms with Gasteiger partial charge in [0.2, 0.25) is 0 Å². The van der Waals surface area contributed by atoms with Crippen LogP contribution in [0.4, 0.5) is 0 Å². The predicted octanol–water partition coefficient (Wildman–Crippen LogP) is 1.41. The summed E-state index contributed by atoms with van der Waals surface area (Å²) in [5, 5.41) is 31.2. The number of fused-ring (bicyclic) bond motifs is 1. The van der Waals surface area contributed by atoms with Crippen molar-refractivity contribution in [2.24, 2.45) is 11.3 Å². The van der Waals surface area contributed by atoms with Crippen molar-refractivity contribution in [2.45, 2.75) is 51.4 Å². The van der Waals surface area contributed by atoms with E-state index in [1.54, 1.807) is 7.11 Å². The molecule has 2 rings (SSSR count). The third-order valence-electron chi connectivity index (χ3n) is 5.08. The summed E-state index contributed by atoms with van der Waals surface area (Å²) < 4.78 is 5.39. The van der Waals surface area contributed by atoms with Crippen LogP contribution in [0.1, 0.15) is 33.6 Å². The third kappa shape index (κ3) is 2.25. The first-order chi connectivity index (χ1) is 9.26. The van der Waals surface area contributed by atoms with Crippen molar-refractivity contribution in [3.63, 3.8) is 0 Å². The third-order valence-corrected chi connectivity index (χ3v) is 5.08. The van der Waals surface area contributed by atoms with Crippen LogP contribution in [-0.2, 0) is 4.74 Å². The summed E-state index contributed by atoms with van der Waals surface area (Å²) in [4.78, 5) is 0. The second kappa shape index (κ2) is 5.26. The van der Waals surface area contributed by atoms with Crippen LogP contribution < -0.4 is 0 Å². The zero-order chi connectivity index (χ0) is 15.1. The van der Waals surface area contributed by atoms with Crippen LogP contribution in [0.15, 0.2) is 23.3 Å². The Labute approximate surface area is 120 Å². The van der Waals surface area contributed by atoms with Gasteiger partial charge in [0.05, 0.1) is 18.8 Å². The number of methoxy groups -OCH3 is 1. The fourth-order valence-corrected chi connectivity index (χ4v) is 3.75. The van der Waals surface area contributed by atoms with Crippen LogP contribution in [0, 0.1) is 11.3 Å². The van der Waals surface area contributed by atoms with E-state index in [1.807, 2.05) is 32.9 Å². The van der Waals surface area contributed by atoms with E-state index in [0.29, 0.717) is 6.42 Å². The molecule has 0 spiro atoms. The summed E-state index contributed by atoms with van der Waals surface area (Å²) in [6, 6.07) is 0. The number of aliphatic hydroxyl groups excluding tert-OH is 2. The minimum atomic E-state index is -1.20. The average Bonchev–Trinajstić information content (AvgIpc) is 2.41. The Morgan fingerprint density at radius 3 is 2.50 bits per heavy atom. The quantitative estimate of drug-likeness (QED) is 0.670. The number of hydrogen-bond donors (Lipinski definition) is 3. The molecule has 2 aliphatic rings. The van der Waals surface area contributed by atoms with Gasteiger partial charge in [-0.25, -0.2) is 0 Å². The fraction of sp³-hybridized carbons (Fsp3) is 0.750. The average molecular weight is 282 g/mol. The molecule has 1 fully saturated rings. The molecule has 0 aliphatic heterocycles. The van der Waals surface area contributed by atoms with Crippen molar-refractivity contribution in [3.8, 4) is 0 Å². The van der Waals surface area contributed by atoms with Crippen LogP contribution in [-0.4, -0.2) is 46.8 Å². The molecule has 114 valence electrons. The monoisotopic (exact) mass is 282 g/mol. The van der Waals surface area contributed by atoms with E-state index < -0.39 is 11.7 Å². The summed E-state index contributed by atoms with van der Waals surface area (Å²) in [6.45, 7) is 5.73. The lowest BCUT2D eigenvalue weighted by Crippen LogP contribution is -2.68. The minimum absolute atomic E-state index is 0.122. The maximum Gasteiger partial charge on any atom is 0.102 e. The van der Waals surface area contributed by atoms with Gasteiger partial charge in [0.1, 0.15) is 5.60 Å². The van der Waals surface area contributed by atoms with Gasteiger partial charge in [0.15, 0.2) is 0 Å². The van der Waals surface area contributed by atoms with E-state index in [-0.39, 0.29) is 24.0 Å². The summed E-state index contributed by atoms with van der Waals surface area (Å²) in [5.41, 5.74) is 0.177. The van der Waals surface area contributed by atoms with Crippen molar-refractivity contribution < 1.29 is 20.1 Å². The van der Waals surface area contributed by atoms with E-state index in [1.165, 1.54) is 0 Å². The first kappa shape index (κ1) is 15.7. The summed E-state index contributed by atoms with van der Waals surface area (Å²) >= 11 is 0. The molecule has 0 aromatic rings. The highest BCUT2D eigenvalue weighted by atomic mass is 16.5. The zero-order valence-electron chi connectivity index (χ0n) is 12.8. The van der Waals surface area contributed by atoms with Crippen molar-refractivity contribution in [1.29, 1.82) is 0 Å². The highest BCUT2D eigenvalue weighted by Gasteiger charge is 2.63. The molecule has 0 amide bonds. The normalized spacial score (nSPS) is 45.6. The molecule has 3 N–H and O–H groups in total. The van der Waals surface area contributed by atoms with Crippen LogP contribution >= 0.6 is 0 Å². The van der Waals surface area contributed by atoms with Gasteiger partial charge in [-0.05, 0) is 30.8 Å². The standard InChI is InChI=1S/C16H26O4/c1-10-5-12(20-4)7-11(9-17)13-8-15(2,3)16(13,19)14(18)6-10/h5,7,12-14,17-19H,6,8-9H2,1-4H3/b10-5+,11-7-/t12-,13?,14?,16?/m1/s1. The Bertz CT molecular complexity index is 438. The van der Waals surface area contributed by atoms with E-state index >= 15 is 0 Å².